The van der Waals surface area contributed by atoms with Crippen molar-refractivity contribution in [1.29, 1.82) is 0 Å². The van der Waals surface area contributed by atoms with E-state index in [1.807, 2.05) is 56.9 Å². The highest BCUT2D eigenvalue weighted by Gasteiger charge is 2.37. The summed E-state index contributed by atoms with van der Waals surface area (Å²) in [6.07, 6.45) is -0.370. The summed E-state index contributed by atoms with van der Waals surface area (Å²) in [7, 11) is 1.63. The Hall–Kier alpha value is -2.41. The third kappa shape index (κ3) is 3.98. The van der Waals surface area contributed by atoms with E-state index < -0.39 is 5.41 Å². The maximum Gasteiger partial charge on any atom is 0.232 e. The van der Waals surface area contributed by atoms with Crippen LogP contribution in [0.5, 0.6) is 5.75 Å². The molecular formula is C20H27N3O4. The smallest absolute Gasteiger partial charge is 0.232 e. The number of hydrogen-bond acceptors (Lipinski definition) is 6. The number of amides is 1. The van der Waals surface area contributed by atoms with Crippen molar-refractivity contribution in [3.63, 3.8) is 0 Å². The molecule has 1 aliphatic rings. The summed E-state index contributed by atoms with van der Waals surface area (Å²) in [5.41, 5.74) is 0.284. The van der Waals surface area contributed by atoms with Crippen LogP contribution in [0.25, 0.3) is 0 Å². The van der Waals surface area contributed by atoms with Crippen molar-refractivity contribution in [3.05, 3.63) is 41.5 Å². The molecule has 1 saturated heterocycles. The molecule has 2 heterocycles. The zero-order valence-electron chi connectivity index (χ0n) is 16.6. The fraction of sp³-hybridized carbons (Fsp3) is 0.550. The number of carbonyl (C=O) groups excluding carboxylic acids is 1. The minimum atomic E-state index is -0.658. The molecule has 1 fully saturated rings. The van der Waals surface area contributed by atoms with Gasteiger partial charge in [-0.2, -0.15) is 4.98 Å². The highest BCUT2D eigenvalue weighted by atomic mass is 16.5. The van der Waals surface area contributed by atoms with Gasteiger partial charge in [-0.05, 0) is 31.5 Å². The summed E-state index contributed by atoms with van der Waals surface area (Å²) < 4.78 is 16.3. The molecule has 1 atom stereocenters. The molecule has 1 aliphatic heterocycles. The molecule has 1 aromatic carbocycles. The van der Waals surface area contributed by atoms with Gasteiger partial charge in [-0.1, -0.05) is 31.1 Å². The number of methoxy groups -OCH3 is 1. The number of benzene rings is 1. The summed E-state index contributed by atoms with van der Waals surface area (Å²) in [6.45, 7) is 9.26. The van der Waals surface area contributed by atoms with E-state index in [4.69, 9.17) is 14.0 Å². The predicted molar refractivity (Wildman–Crippen MR) is 99.7 cm³/mol. The topological polar surface area (TPSA) is 77.7 Å². The molecule has 0 bridgehead atoms. The first kappa shape index (κ1) is 19.4. The highest BCUT2D eigenvalue weighted by molar-refractivity contribution is 5.87. The van der Waals surface area contributed by atoms with Crippen LogP contribution in [0, 0.1) is 0 Å². The van der Waals surface area contributed by atoms with Crippen LogP contribution < -0.4 is 4.74 Å². The third-order valence-corrected chi connectivity index (χ3v) is 4.94. The van der Waals surface area contributed by atoms with E-state index in [0.29, 0.717) is 31.4 Å². The minimum absolute atomic E-state index is 0.0496. The lowest BCUT2D eigenvalue weighted by molar-refractivity contribution is -0.144. The molecule has 7 nitrogen and oxygen atoms in total. The van der Waals surface area contributed by atoms with Crippen molar-refractivity contribution in [2.24, 2.45) is 0 Å². The van der Waals surface area contributed by atoms with Crippen LogP contribution in [0.15, 0.2) is 28.8 Å². The number of carbonyl (C=O) groups is 1. The second kappa shape index (κ2) is 7.68. The monoisotopic (exact) mass is 373 g/mol. The van der Waals surface area contributed by atoms with Crippen LogP contribution >= 0.6 is 0 Å². The standard InChI is InChI=1S/C20H27N3O4/c1-13(2)18-21-17(22-27-18)16-12-23(10-11-26-16)19(24)20(3,4)14-6-8-15(25-5)9-7-14/h6-9,13,16H,10-12H2,1-5H3/t16-/m0/s1. The summed E-state index contributed by atoms with van der Waals surface area (Å²) >= 11 is 0. The number of morpholine rings is 1. The molecule has 2 aromatic rings. The van der Waals surface area contributed by atoms with Crippen molar-refractivity contribution >= 4 is 5.91 Å². The third-order valence-electron chi connectivity index (χ3n) is 4.94. The predicted octanol–water partition coefficient (Wildman–Crippen LogP) is 3.08. The second-order valence-corrected chi connectivity index (χ2v) is 7.61. The summed E-state index contributed by atoms with van der Waals surface area (Å²) in [4.78, 5) is 19.5. The second-order valence-electron chi connectivity index (χ2n) is 7.61. The van der Waals surface area contributed by atoms with Crippen molar-refractivity contribution < 1.29 is 18.8 Å². The van der Waals surface area contributed by atoms with Crippen LogP contribution in [0.1, 0.15) is 57.0 Å². The summed E-state index contributed by atoms with van der Waals surface area (Å²) in [5.74, 6) is 2.05. The van der Waals surface area contributed by atoms with Crippen molar-refractivity contribution in [2.45, 2.75) is 45.1 Å². The number of hydrogen-bond donors (Lipinski definition) is 0. The molecule has 0 unspecified atom stereocenters. The average molecular weight is 373 g/mol. The first-order chi connectivity index (χ1) is 12.8. The van der Waals surface area contributed by atoms with Crippen molar-refractivity contribution in [3.8, 4) is 5.75 Å². The van der Waals surface area contributed by atoms with E-state index in [1.54, 1.807) is 7.11 Å². The number of aromatic nitrogens is 2. The van der Waals surface area contributed by atoms with Gasteiger partial charge in [-0.25, -0.2) is 0 Å². The Kier molecular flexibility index (Phi) is 5.51. The van der Waals surface area contributed by atoms with Gasteiger partial charge in [-0.15, -0.1) is 0 Å². The van der Waals surface area contributed by atoms with E-state index in [2.05, 4.69) is 10.1 Å². The average Bonchev–Trinajstić information content (AvgIpc) is 3.18. The van der Waals surface area contributed by atoms with E-state index in [-0.39, 0.29) is 17.9 Å². The Balaban J connectivity index is 1.74. The Bertz CT molecular complexity index is 783. The fourth-order valence-corrected chi connectivity index (χ4v) is 3.13. The van der Waals surface area contributed by atoms with Crippen LogP contribution in [-0.2, 0) is 14.9 Å². The Morgan fingerprint density at radius 3 is 2.59 bits per heavy atom. The van der Waals surface area contributed by atoms with Gasteiger partial charge < -0.3 is 18.9 Å². The zero-order valence-corrected chi connectivity index (χ0v) is 16.6. The molecule has 0 aliphatic carbocycles. The van der Waals surface area contributed by atoms with Gasteiger partial charge in [0.1, 0.15) is 11.9 Å². The first-order valence-electron chi connectivity index (χ1n) is 9.22. The molecule has 7 heteroatoms. The van der Waals surface area contributed by atoms with Gasteiger partial charge in [-0.3, -0.25) is 4.79 Å². The molecule has 27 heavy (non-hydrogen) atoms. The molecular weight excluding hydrogens is 346 g/mol. The van der Waals surface area contributed by atoms with E-state index >= 15 is 0 Å². The lowest BCUT2D eigenvalue weighted by Gasteiger charge is -2.37. The van der Waals surface area contributed by atoms with Gasteiger partial charge in [0.25, 0.3) is 0 Å². The normalized spacial score (nSPS) is 18.0. The molecule has 146 valence electrons. The number of ether oxygens (including phenoxy) is 2. The molecule has 1 amide bonds. The molecule has 1 aromatic heterocycles. The summed E-state index contributed by atoms with van der Waals surface area (Å²) in [6, 6.07) is 7.62. The van der Waals surface area contributed by atoms with Crippen LogP contribution in [0.3, 0.4) is 0 Å². The van der Waals surface area contributed by atoms with Gasteiger partial charge in [0.05, 0.1) is 25.7 Å². The maximum absolute atomic E-state index is 13.2. The SMILES string of the molecule is COc1ccc(C(C)(C)C(=O)N2CCO[C@H](c3noc(C(C)C)n3)C2)cc1. The molecule has 3 rings (SSSR count). The van der Waals surface area contributed by atoms with Crippen molar-refractivity contribution in [1.82, 2.24) is 15.0 Å². The van der Waals surface area contributed by atoms with E-state index in [0.717, 1.165) is 11.3 Å². The van der Waals surface area contributed by atoms with Gasteiger partial charge in [0, 0.05) is 12.5 Å². The largest absolute Gasteiger partial charge is 0.497 e. The van der Waals surface area contributed by atoms with Crippen LogP contribution in [0.4, 0.5) is 0 Å². The lowest BCUT2D eigenvalue weighted by atomic mass is 9.83. The lowest BCUT2D eigenvalue weighted by Crippen LogP contribution is -2.49. The van der Waals surface area contributed by atoms with Crippen LogP contribution in [-0.4, -0.2) is 47.8 Å². The quantitative estimate of drug-likeness (QED) is 0.801. The fourth-order valence-electron chi connectivity index (χ4n) is 3.13. The molecule has 0 radical (unpaired) electrons. The Morgan fingerprint density at radius 2 is 2.00 bits per heavy atom. The van der Waals surface area contributed by atoms with Crippen LogP contribution in [0.2, 0.25) is 0 Å². The van der Waals surface area contributed by atoms with E-state index in [9.17, 15) is 4.79 Å². The number of nitrogens with zero attached hydrogens (tertiary/aromatic N) is 3. The molecule has 0 saturated carbocycles. The Labute approximate surface area is 159 Å². The summed E-state index contributed by atoms with van der Waals surface area (Å²) in [5, 5.41) is 4.03. The molecule has 0 N–H and O–H groups in total. The Morgan fingerprint density at radius 1 is 1.30 bits per heavy atom. The van der Waals surface area contributed by atoms with Gasteiger partial charge >= 0.3 is 0 Å². The van der Waals surface area contributed by atoms with Gasteiger partial charge in [0.15, 0.2) is 0 Å². The van der Waals surface area contributed by atoms with Crippen molar-refractivity contribution in [2.75, 3.05) is 26.8 Å². The first-order valence-corrected chi connectivity index (χ1v) is 9.22. The zero-order chi connectivity index (χ0) is 19.6. The maximum atomic E-state index is 13.2. The number of rotatable bonds is 5. The minimum Gasteiger partial charge on any atom is -0.497 e. The van der Waals surface area contributed by atoms with Gasteiger partial charge in [0.2, 0.25) is 17.6 Å². The molecule has 0 spiro atoms. The highest BCUT2D eigenvalue weighted by Crippen LogP contribution is 2.30. The van der Waals surface area contributed by atoms with E-state index in [1.165, 1.54) is 0 Å².